The topological polar surface area (TPSA) is 80.3 Å². The van der Waals surface area contributed by atoms with E-state index in [2.05, 4.69) is 22.1 Å². The fourth-order valence-electron chi connectivity index (χ4n) is 2.07. The highest BCUT2D eigenvalue weighted by Crippen LogP contribution is 2.06. The van der Waals surface area contributed by atoms with Gasteiger partial charge in [0.1, 0.15) is 0 Å². The zero-order valence-electron chi connectivity index (χ0n) is 10.7. The fraction of sp³-hybridized carbons (Fsp3) is 0.727. The standard InChI is InChI=1S/C11H20N6O/c1-2-15-5-7-16(8-6-15)11(18)10-9-17(4-3-12)14-13-10/h9H,2-8,12H2,1H3. The summed E-state index contributed by atoms with van der Waals surface area (Å²) in [6, 6.07) is 0. The van der Waals surface area contributed by atoms with Gasteiger partial charge in [0, 0.05) is 32.7 Å². The first-order valence-corrected chi connectivity index (χ1v) is 6.36. The summed E-state index contributed by atoms with van der Waals surface area (Å²) in [6.45, 7) is 7.63. The van der Waals surface area contributed by atoms with Crippen LogP contribution in [0.2, 0.25) is 0 Å². The summed E-state index contributed by atoms with van der Waals surface area (Å²) in [5, 5.41) is 7.78. The van der Waals surface area contributed by atoms with Gasteiger partial charge >= 0.3 is 0 Å². The molecule has 0 radical (unpaired) electrons. The Morgan fingerprint density at radius 3 is 2.72 bits per heavy atom. The van der Waals surface area contributed by atoms with Crippen LogP contribution in [-0.4, -0.2) is 70.0 Å². The second kappa shape index (κ2) is 5.92. The van der Waals surface area contributed by atoms with E-state index in [1.54, 1.807) is 10.9 Å². The maximum absolute atomic E-state index is 12.2. The van der Waals surface area contributed by atoms with Gasteiger partial charge in [0.15, 0.2) is 5.69 Å². The van der Waals surface area contributed by atoms with E-state index in [4.69, 9.17) is 5.73 Å². The molecule has 7 heteroatoms. The zero-order chi connectivity index (χ0) is 13.0. The molecule has 1 aromatic heterocycles. The Morgan fingerprint density at radius 2 is 2.11 bits per heavy atom. The van der Waals surface area contributed by atoms with Gasteiger partial charge in [0.05, 0.1) is 12.7 Å². The second-order valence-electron chi connectivity index (χ2n) is 4.38. The molecule has 0 aliphatic carbocycles. The average molecular weight is 252 g/mol. The molecule has 0 bridgehead atoms. The summed E-state index contributed by atoms with van der Waals surface area (Å²) in [7, 11) is 0. The molecule has 1 aromatic rings. The summed E-state index contributed by atoms with van der Waals surface area (Å²) in [4.78, 5) is 16.3. The molecule has 7 nitrogen and oxygen atoms in total. The van der Waals surface area contributed by atoms with Gasteiger partial charge < -0.3 is 15.5 Å². The molecule has 0 saturated carbocycles. The molecule has 1 aliphatic heterocycles. The average Bonchev–Trinajstić information content (AvgIpc) is 2.87. The van der Waals surface area contributed by atoms with Crippen molar-refractivity contribution < 1.29 is 4.79 Å². The molecule has 2 N–H and O–H groups in total. The number of carbonyl (C=O) groups excluding carboxylic acids is 1. The minimum atomic E-state index is -0.0333. The summed E-state index contributed by atoms with van der Waals surface area (Å²) in [5.41, 5.74) is 5.84. The molecule has 0 unspecified atom stereocenters. The van der Waals surface area contributed by atoms with Crippen molar-refractivity contribution in [2.24, 2.45) is 5.73 Å². The van der Waals surface area contributed by atoms with Crippen LogP contribution in [0.1, 0.15) is 17.4 Å². The molecule has 2 rings (SSSR count). The summed E-state index contributed by atoms with van der Waals surface area (Å²) in [5.74, 6) is -0.0333. The van der Waals surface area contributed by atoms with Crippen LogP contribution >= 0.6 is 0 Å². The molecule has 1 saturated heterocycles. The summed E-state index contributed by atoms with van der Waals surface area (Å²) < 4.78 is 1.61. The van der Waals surface area contributed by atoms with Crippen LogP contribution in [0.3, 0.4) is 0 Å². The van der Waals surface area contributed by atoms with Gasteiger partial charge in [-0.15, -0.1) is 5.10 Å². The minimum absolute atomic E-state index is 0.0333. The van der Waals surface area contributed by atoms with E-state index in [0.29, 0.717) is 18.8 Å². The number of carbonyl (C=O) groups is 1. The molecule has 2 heterocycles. The number of rotatable bonds is 4. The Balaban J connectivity index is 1.94. The van der Waals surface area contributed by atoms with Gasteiger partial charge in [-0.05, 0) is 6.54 Å². The Bertz CT molecular complexity index is 396. The normalized spacial score (nSPS) is 17.1. The van der Waals surface area contributed by atoms with Crippen molar-refractivity contribution in [3.63, 3.8) is 0 Å². The van der Waals surface area contributed by atoms with E-state index in [0.717, 1.165) is 32.7 Å². The lowest BCUT2D eigenvalue weighted by Gasteiger charge is -2.33. The second-order valence-corrected chi connectivity index (χ2v) is 4.38. The van der Waals surface area contributed by atoms with Gasteiger partial charge in [-0.1, -0.05) is 12.1 Å². The lowest BCUT2D eigenvalue weighted by Crippen LogP contribution is -2.48. The molecular weight excluding hydrogens is 232 g/mol. The number of likely N-dealkylation sites (N-methyl/N-ethyl adjacent to an activating group) is 1. The maximum atomic E-state index is 12.2. The van der Waals surface area contributed by atoms with Crippen LogP contribution in [0.4, 0.5) is 0 Å². The third-order valence-electron chi connectivity index (χ3n) is 3.22. The Kier molecular flexibility index (Phi) is 4.27. The molecule has 1 aliphatic rings. The van der Waals surface area contributed by atoms with Crippen LogP contribution in [-0.2, 0) is 6.54 Å². The van der Waals surface area contributed by atoms with Crippen LogP contribution in [0.25, 0.3) is 0 Å². The molecule has 100 valence electrons. The molecule has 0 spiro atoms. The fourth-order valence-corrected chi connectivity index (χ4v) is 2.07. The first-order valence-electron chi connectivity index (χ1n) is 6.36. The number of piperazine rings is 1. The third kappa shape index (κ3) is 2.85. The third-order valence-corrected chi connectivity index (χ3v) is 3.22. The largest absolute Gasteiger partial charge is 0.335 e. The first-order chi connectivity index (χ1) is 8.74. The predicted octanol–water partition coefficient (Wildman–Crippen LogP) is -0.985. The molecule has 0 aromatic carbocycles. The highest BCUT2D eigenvalue weighted by Gasteiger charge is 2.23. The van der Waals surface area contributed by atoms with E-state index >= 15 is 0 Å². The van der Waals surface area contributed by atoms with Crippen LogP contribution in [0.15, 0.2) is 6.20 Å². The van der Waals surface area contributed by atoms with Crippen molar-refractivity contribution in [2.75, 3.05) is 39.3 Å². The number of aromatic nitrogens is 3. The highest BCUT2D eigenvalue weighted by molar-refractivity contribution is 5.92. The Hall–Kier alpha value is -1.47. The van der Waals surface area contributed by atoms with Crippen LogP contribution in [0, 0.1) is 0 Å². The van der Waals surface area contributed by atoms with Crippen molar-refractivity contribution >= 4 is 5.91 Å². The van der Waals surface area contributed by atoms with Crippen LogP contribution in [0.5, 0.6) is 0 Å². The van der Waals surface area contributed by atoms with Gasteiger partial charge in [-0.25, -0.2) is 0 Å². The Labute approximate surface area is 107 Å². The van der Waals surface area contributed by atoms with E-state index < -0.39 is 0 Å². The monoisotopic (exact) mass is 252 g/mol. The van der Waals surface area contributed by atoms with Crippen molar-refractivity contribution in [2.45, 2.75) is 13.5 Å². The Morgan fingerprint density at radius 1 is 1.39 bits per heavy atom. The van der Waals surface area contributed by atoms with E-state index in [1.165, 1.54) is 0 Å². The van der Waals surface area contributed by atoms with Gasteiger partial charge in [-0.2, -0.15) is 0 Å². The van der Waals surface area contributed by atoms with Crippen molar-refractivity contribution in [1.29, 1.82) is 0 Å². The van der Waals surface area contributed by atoms with E-state index in [1.807, 2.05) is 4.90 Å². The van der Waals surface area contributed by atoms with Gasteiger partial charge in [0.2, 0.25) is 0 Å². The van der Waals surface area contributed by atoms with E-state index in [-0.39, 0.29) is 5.91 Å². The lowest BCUT2D eigenvalue weighted by molar-refractivity contribution is 0.0637. The minimum Gasteiger partial charge on any atom is -0.335 e. The highest BCUT2D eigenvalue weighted by atomic mass is 16.2. The SMILES string of the molecule is CCN1CCN(C(=O)c2cn(CCN)nn2)CC1. The number of nitrogens with zero attached hydrogens (tertiary/aromatic N) is 5. The molecule has 18 heavy (non-hydrogen) atoms. The molecule has 1 amide bonds. The molecule has 0 atom stereocenters. The zero-order valence-corrected chi connectivity index (χ0v) is 10.7. The number of amides is 1. The number of hydrogen-bond donors (Lipinski definition) is 1. The molecule has 1 fully saturated rings. The maximum Gasteiger partial charge on any atom is 0.276 e. The summed E-state index contributed by atoms with van der Waals surface area (Å²) in [6.07, 6.45) is 1.67. The summed E-state index contributed by atoms with van der Waals surface area (Å²) >= 11 is 0. The van der Waals surface area contributed by atoms with Crippen LogP contribution < -0.4 is 5.73 Å². The first kappa shape index (κ1) is 13.0. The molecular formula is C11H20N6O. The smallest absolute Gasteiger partial charge is 0.276 e. The lowest BCUT2D eigenvalue weighted by atomic mass is 10.3. The van der Waals surface area contributed by atoms with Crippen molar-refractivity contribution in [3.8, 4) is 0 Å². The quantitative estimate of drug-likeness (QED) is 0.744. The van der Waals surface area contributed by atoms with E-state index in [9.17, 15) is 4.79 Å². The number of nitrogens with two attached hydrogens (primary N) is 1. The van der Waals surface area contributed by atoms with Crippen molar-refractivity contribution in [3.05, 3.63) is 11.9 Å². The van der Waals surface area contributed by atoms with Gasteiger partial charge in [-0.3, -0.25) is 9.48 Å². The van der Waals surface area contributed by atoms with Gasteiger partial charge in [0.25, 0.3) is 5.91 Å². The predicted molar refractivity (Wildman–Crippen MR) is 67.1 cm³/mol. The van der Waals surface area contributed by atoms with Crippen molar-refractivity contribution in [1.82, 2.24) is 24.8 Å². The number of hydrogen-bond acceptors (Lipinski definition) is 5.